The van der Waals surface area contributed by atoms with Gasteiger partial charge in [-0.25, -0.2) is 0 Å². The fourth-order valence-electron chi connectivity index (χ4n) is 3.37. The van der Waals surface area contributed by atoms with Gasteiger partial charge in [0.2, 0.25) is 0 Å². The lowest BCUT2D eigenvalue weighted by molar-refractivity contribution is -0.122. The SMILES string of the molecule is C.CCCCCCCC1CCCC1.CCCCCCCCC.O=CO. The van der Waals surface area contributed by atoms with Crippen molar-refractivity contribution < 1.29 is 9.90 Å². The standard InChI is InChI=1S/C12H24.C9H20.CH2O2.CH4/c1-2-3-4-5-6-9-12-10-7-8-11-12;1-3-5-7-9-8-6-4-2;2-1-3;/h12H,2-11H2,1H3;3-9H2,1-2H3;1H,(H,2,3);1H4. The lowest BCUT2D eigenvalue weighted by Gasteiger charge is -2.07. The first-order valence-electron chi connectivity index (χ1n) is 10.8. The molecule has 0 aromatic carbocycles. The molecule has 2 heteroatoms. The highest BCUT2D eigenvalue weighted by atomic mass is 16.3. The van der Waals surface area contributed by atoms with E-state index in [9.17, 15) is 0 Å². The Balaban J connectivity index is -0.000000333. The van der Waals surface area contributed by atoms with Crippen molar-refractivity contribution in [2.45, 2.75) is 137 Å². The van der Waals surface area contributed by atoms with Crippen LogP contribution >= 0.6 is 0 Å². The Morgan fingerprint density at radius 3 is 1.40 bits per heavy atom. The molecule has 0 atom stereocenters. The predicted molar refractivity (Wildman–Crippen MR) is 114 cm³/mol. The van der Waals surface area contributed by atoms with Crippen LogP contribution in [0.15, 0.2) is 0 Å². The molecule has 25 heavy (non-hydrogen) atoms. The molecule has 1 fully saturated rings. The Morgan fingerprint density at radius 1 is 0.720 bits per heavy atom. The summed E-state index contributed by atoms with van der Waals surface area (Å²) < 4.78 is 0. The fraction of sp³-hybridized carbons (Fsp3) is 0.957. The molecule has 1 saturated carbocycles. The average Bonchev–Trinajstić information content (AvgIpc) is 3.09. The van der Waals surface area contributed by atoms with Crippen LogP contribution in [0.25, 0.3) is 0 Å². The maximum atomic E-state index is 8.36. The Morgan fingerprint density at radius 2 is 1.04 bits per heavy atom. The first-order valence-corrected chi connectivity index (χ1v) is 10.8. The van der Waals surface area contributed by atoms with E-state index in [-0.39, 0.29) is 13.9 Å². The Hall–Kier alpha value is -0.530. The molecule has 0 aliphatic heterocycles. The number of carbonyl (C=O) groups is 1. The molecular formula is C23H50O2. The second-order valence-corrected chi connectivity index (χ2v) is 7.23. The summed E-state index contributed by atoms with van der Waals surface area (Å²) in [6, 6.07) is 0. The second kappa shape index (κ2) is 28.3. The van der Waals surface area contributed by atoms with Crippen LogP contribution in [0.3, 0.4) is 0 Å². The van der Waals surface area contributed by atoms with E-state index in [2.05, 4.69) is 20.8 Å². The fourth-order valence-corrected chi connectivity index (χ4v) is 3.37. The van der Waals surface area contributed by atoms with Crippen LogP contribution in [0.2, 0.25) is 0 Å². The van der Waals surface area contributed by atoms with Crippen molar-refractivity contribution in [1.82, 2.24) is 0 Å². The van der Waals surface area contributed by atoms with Crippen LogP contribution in [0.5, 0.6) is 0 Å². The number of hydrogen-bond donors (Lipinski definition) is 1. The van der Waals surface area contributed by atoms with E-state index in [0.29, 0.717) is 0 Å². The summed E-state index contributed by atoms with van der Waals surface area (Å²) in [5, 5.41) is 6.89. The maximum Gasteiger partial charge on any atom is 0.290 e. The first kappa shape index (κ1) is 29.2. The topological polar surface area (TPSA) is 37.3 Å². The smallest absolute Gasteiger partial charge is 0.290 e. The third kappa shape index (κ3) is 28.5. The van der Waals surface area contributed by atoms with E-state index < -0.39 is 0 Å². The molecular weight excluding hydrogens is 308 g/mol. The summed E-state index contributed by atoms with van der Waals surface area (Å²) >= 11 is 0. The maximum absolute atomic E-state index is 8.36. The monoisotopic (exact) mass is 358 g/mol. The summed E-state index contributed by atoms with van der Waals surface area (Å²) in [5.74, 6) is 1.12. The molecule has 0 aromatic rings. The van der Waals surface area contributed by atoms with Crippen LogP contribution in [0.1, 0.15) is 137 Å². The van der Waals surface area contributed by atoms with Crippen LogP contribution in [-0.4, -0.2) is 11.6 Å². The Bertz CT molecular complexity index is 204. The van der Waals surface area contributed by atoms with Crippen molar-refractivity contribution in [2.75, 3.05) is 0 Å². The minimum atomic E-state index is -0.250. The van der Waals surface area contributed by atoms with Gasteiger partial charge in [-0.15, -0.1) is 0 Å². The summed E-state index contributed by atoms with van der Waals surface area (Å²) in [6.07, 6.45) is 24.9. The summed E-state index contributed by atoms with van der Waals surface area (Å²) in [6.45, 7) is 6.57. The zero-order valence-electron chi connectivity index (χ0n) is 17.0. The molecule has 0 saturated heterocycles. The van der Waals surface area contributed by atoms with E-state index >= 15 is 0 Å². The van der Waals surface area contributed by atoms with Gasteiger partial charge in [-0.05, 0) is 5.92 Å². The van der Waals surface area contributed by atoms with Crippen molar-refractivity contribution in [3.8, 4) is 0 Å². The van der Waals surface area contributed by atoms with E-state index in [1.165, 1.54) is 109 Å². The van der Waals surface area contributed by atoms with E-state index in [4.69, 9.17) is 9.90 Å². The lowest BCUT2D eigenvalue weighted by Crippen LogP contribution is -1.92. The molecule has 1 N–H and O–H groups in total. The van der Waals surface area contributed by atoms with Gasteiger partial charge in [0.15, 0.2) is 0 Å². The van der Waals surface area contributed by atoms with Crippen LogP contribution in [-0.2, 0) is 4.79 Å². The van der Waals surface area contributed by atoms with E-state index in [1.807, 2.05) is 0 Å². The van der Waals surface area contributed by atoms with Crippen molar-refractivity contribution in [2.24, 2.45) is 5.92 Å². The normalized spacial score (nSPS) is 13.1. The molecule has 0 spiro atoms. The zero-order valence-corrected chi connectivity index (χ0v) is 17.0. The van der Waals surface area contributed by atoms with E-state index in [1.54, 1.807) is 0 Å². The molecule has 0 aromatic heterocycles. The van der Waals surface area contributed by atoms with Gasteiger partial charge in [-0.2, -0.15) is 0 Å². The molecule has 0 bridgehead atoms. The largest absolute Gasteiger partial charge is 0.483 e. The van der Waals surface area contributed by atoms with Crippen LogP contribution in [0.4, 0.5) is 0 Å². The minimum Gasteiger partial charge on any atom is -0.483 e. The quantitative estimate of drug-likeness (QED) is 0.280. The van der Waals surface area contributed by atoms with Gasteiger partial charge in [0.05, 0.1) is 0 Å². The van der Waals surface area contributed by atoms with Crippen molar-refractivity contribution >= 4 is 6.47 Å². The molecule has 2 nitrogen and oxygen atoms in total. The lowest BCUT2D eigenvalue weighted by atomic mass is 9.99. The highest BCUT2D eigenvalue weighted by molar-refractivity contribution is 5.32. The third-order valence-electron chi connectivity index (χ3n) is 4.90. The molecule has 1 rings (SSSR count). The van der Waals surface area contributed by atoms with Gasteiger partial charge in [-0.3, -0.25) is 4.79 Å². The number of hydrogen-bond acceptors (Lipinski definition) is 1. The molecule has 1 aliphatic rings. The van der Waals surface area contributed by atoms with Gasteiger partial charge in [0.1, 0.15) is 0 Å². The molecule has 0 radical (unpaired) electrons. The highest BCUT2D eigenvalue weighted by Crippen LogP contribution is 2.29. The molecule has 0 heterocycles. The number of rotatable bonds is 12. The van der Waals surface area contributed by atoms with Crippen LogP contribution < -0.4 is 0 Å². The molecule has 0 amide bonds. The minimum absolute atomic E-state index is 0. The Kier molecular flexibility index (Phi) is 33.1. The molecule has 1 aliphatic carbocycles. The Labute approximate surface area is 160 Å². The average molecular weight is 359 g/mol. The third-order valence-corrected chi connectivity index (χ3v) is 4.90. The summed E-state index contributed by atoms with van der Waals surface area (Å²) in [7, 11) is 0. The van der Waals surface area contributed by atoms with Gasteiger partial charge in [-0.1, -0.05) is 137 Å². The van der Waals surface area contributed by atoms with Gasteiger partial charge in [0.25, 0.3) is 6.47 Å². The number of unbranched alkanes of at least 4 members (excludes halogenated alkanes) is 10. The summed E-state index contributed by atoms with van der Waals surface area (Å²) in [4.78, 5) is 8.36. The van der Waals surface area contributed by atoms with Crippen molar-refractivity contribution in [3.05, 3.63) is 0 Å². The van der Waals surface area contributed by atoms with Crippen LogP contribution in [0, 0.1) is 5.92 Å². The number of carboxylic acid groups (broad SMARTS) is 1. The van der Waals surface area contributed by atoms with Gasteiger partial charge in [0, 0.05) is 0 Å². The molecule has 0 unspecified atom stereocenters. The predicted octanol–water partition coefficient (Wildman–Crippen LogP) is 8.63. The van der Waals surface area contributed by atoms with E-state index in [0.717, 1.165) is 5.92 Å². The molecule has 154 valence electrons. The van der Waals surface area contributed by atoms with Crippen molar-refractivity contribution in [1.29, 1.82) is 0 Å². The van der Waals surface area contributed by atoms with Gasteiger partial charge < -0.3 is 5.11 Å². The summed E-state index contributed by atoms with van der Waals surface area (Å²) in [5.41, 5.74) is 0. The zero-order chi connectivity index (χ0) is 18.3. The second-order valence-electron chi connectivity index (χ2n) is 7.23. The van der Waals surface area contributed by atoms with Crippen molar-refractivity contribution in [3.63, 3.8) is 0 Å². The van der Waals surface area contributed by atoms with Gasteiger partial charge >= 0.3 is 0 Å². The first-order chi connectivity index (χ1) is 11.8. The highest BCUT2D eigenvalue weighted by Gasteiger charge is 2.13.